The second kappa shape index (κ2) is 9.35. The Bertz CT molecular complexity index is 999. The number of ether oxygens (including phenoxy) is 2. The van der Waals surface area contributed by atoms with Crippen LogP contribution in [0, 0.1) is 0 Å². The molecular weight excluding hydrogens is 453 g/mol. The van der Waals surface area contributed by atoms with Crippen molar-refractivity contribution >= 4 is 35.0 Å². The molecule has 3 atom stereocenters. The highest BCUT2D eigenvalue weighted by molar-refractivity contribution is 6.30. The van der Waals surface area contributed by atoms with Crippen molar-refractivity contribution in [3.05, 3.63) is 63.9 Å². The van der Waals surface area contributed by atoms with Crippen LogP contribution in [0.15, 0.2) is 42.6 Å². The first kappa shape index (κ1) is 23.0. The van der Waals surface area contributed by atoms with Gasteiger partial charge in [-0.1, -0.05) is 41.4 Å². The van der Waals surface area contributed by atoms with Crippen molar-refractivity contribution < 1.29 is 19.1 Å². The predicted molar refractivity (Wildman–Crippen MR) is 120 cm³/mol. The summed E-state index contributed by atoms with van der Waals surface area (Å²) in [5.41, 5.74) is 1.75. The Kier molecular flexibility index (Phi) is 6.72. The first-order valence-corrected chi connectivity index (χ1v) is 11.3. The van der Waals surface area contributed by atoms with E-state index in [4.69, 9.17) is 32.7 Å². The van der Waals surface area contributed by atoms with Crippen LogP contribution in [0.4, 0.5) is 0 Å². The second-order valence-corrected chi connectivity index (χ2v) is 9.25. The topological polar surface area (TPSA) is 80.8 Å². The largest absolute Gasteiger partial charge is 0.350 e. The Labute approximate surface area is 197 Å². The van der Waals surface area contributed by atoms with Crippen molar-refractivity contribution in [1.82, 2.24) is 15.2 Å². The molecule has 4 rings (SSSR count). The molecule has 170 valence electrons. The fourth-order valence-electron chi connectivity index (χ4n) is 4.19. The van der Waals surface area contributed by atoms with Gasteiger partial charge in [-0.3, -0.25) is 9.59 Å². The van der Waals surface area contributed by atoms with E-state index in [-0.39, 0.29) is 18.5 Å². The SMILES string of the molecule is CC1(C)O[C@@H](C(=O)NCc2ccc(Cl)nc2)[C@H](C(=O)N2CCCC2c2cccc(Cl)c2)O1. The lowest BCUT2D eigenvalue weighted by Crippen LogP contribution is -2.49. The van der Waals surface area contributed by atoms with Crippen molar-refractivity contribution in [3.8, 4) is 0 Å². The smallest absolute Gasteiger partial charge is 0.255 e. The number of halogens is 2. The first-order valence-electron chi connectivity index (χ1n) is 10.5. The summed E-state index contributed by atoms with van der Waals surface area (Å²) in [4.78, 5) is 32.2. The van der Waals surface area contributed by atoms with Crippen LogP contribution >= 0.6 is 23.2 Å². The molecule has 1 N–H and O–H groups in total. The molecule has 1 aromatic carbocycles. The van der Waals surface area contributed by atoms with Crippen molar-refractivity contribution in [1.29, 1.82) is 0 Å². The number of benzene rings is 1. The Morgan fingerprint density at radius 3 is 2.69 bits per heavy atom. The Morgan fingerprint density at radius 1 is 1.19 bits per heavy atom. The molecule has 2 aromatic rings. The van der Waals surface area contributed by atoms with Gasteiger partial charge >= 0.3 is 0 Å². The van der Waals surface area contributed by atoms with E-state index in [0.29, 0.717) is 16.7 Å². The summed E-state index contributed by atoms with van der Waals surface area (Å²) in [5.74, 6) is -1.73. The van der Waals surface area contributed by atoms with Gasteiger partial charge in [-0.15, -0.1) is 0 Å². The minimum Gasteiger partial charge on any atom is -0.350 e. The van der Waals surface area contributed by atoms with Gasteiger partial charge in [-0.05, 0) is 56.0 Å². The van der Waals surface area contributed by atoms with E-state index >= 15 is 0 Å². The van der Waals surface area contributed by atoms with Crippen LogP contribution in [0.5, 0.6) is 0 Å². The third-order valence-corrected chi connectivity index (χ3v) is 6.08. The number of hydrogen-bond donors (Lipinski definition) is 1. The van der Waals surface area contributed by atoms with Crippen LogP contribution in [0.25, 0.3) is 0 Å². The fourth-order valence-corrected chi connectivity index (χ4v) is 4.50. The van der Waals surface area contributed by atoms with Crippen molar-refractivity contribution in [2.24, 2.45) is 0 Å². The summed E-state index contributed by atoms with van der Waals surface area (Å²) in [5, 5.41) is 3.81. The monoisotopic (exact) mass is 477 g/mol. The van der Waals surface area contributed by atoms with Crippen LogP contribution in [0.2, 0.25) is 10.2 Å². The van der Waals surface area contributed by atoms with Crippen LogP contribution in [0.1, 0.15) is 43.9 Å². The van der Waals surface area contributed by atoms with Gasteiger partial charge < -0.3 is 19.7 Å². The number of nitrogens with one attached hydrogen (secondary N) is 1. The van der Waals surface area contributed by atoms with E-state index in [1.54, 1.807) is 43.1 Å². The fraction of sp³-hybridized carbons (Fsp3) is 0.435. The van der Waals surface area contributed by atoms with E-state index in [9.17, 15) is 9.59 Å². The number of carbonyl (C=O) groups excluding carboxylic acids is 2. The van der Waals surface area contributed by atoms with E-state index in [1.165, 1.54) is 0 Å². The highest BCUT2D eigenvalue weighted by atomic mass is 35.5. The van der Waals surface area contributed by atoms with Crippen molar-refractivity contribution in [2.45, 2.75) is 57.3 Å². The maximum Gasteiger partial charge on any atom is 0.255 e. The number of hydrogen-bond acceptors (Lipinski definition) is 5. The van der Waals surface area contributed by atoms with Gasteiger partial charge in [0.2, 0.25) is 0 Å². The molecule has 2 amide bonds. The molecule has 2 aliphatic heterocycles. The van der Waals surface area contributed by atoms with E-state index in [2.05, 4.69) is 10.3 Å². The van der Waals surface area contributed by atoms with Crippen molar-refractivity contribution in [3.63, 3.8) is 0 Å². The maximum atomic E-state index is 13.5. The minimum atomic E-state index is -1.06. The average molecular weight is 478 g/mol. The van der Waals surface area contributed by atoms with Crippen LogP contribution in [-0.4, -0.2) is 46.2 Å². The molecule has 2 saturated heterocycles. The van der Waals surface area contributed by atoms with E-state index < -0.39 is 23.9 Å². The molecular formula is C23H25Cl2N3O4. The molecule has 3 heterocycles. The summed E-state index contributed by atoms with van der Waals surface area (Å²) >= 11 is 12.0. The summed E-state index contributed by atoms with van der Waals surface area (Å²) in [6.45, 7) is 4.21. The Hall–Kier alpha value is -2.19. The standard InChI is InChI=1S/C23H25Cl2N3O4/c1-23(2)31-19(21(29)27-13-14-8-9-18(25)26-12-14)20(32-23)22(30)28-10-4-7-17(28)15-5-3-6-16(24)11-15/h3,5-6,8-9,11-12,17,19-20H,4,7,10,13H2,1-2H3,(H,27,29)/t17?,19-,20-/m1/s1. The summed E-state index contributed by atoms with van der Waals surface area (Å²) in [6, 6.07) is 10.8. The number of likely N-dealkylation sites (tertiary alicyclic amines) is 1. The third-order valence-electron chi connectivity index (χ3n) is 5.62. The molecule has 0 spiro atoms. The zero-order valence-corrected chi connectivity index (χ0v) is 19.4. The van der Waals surface area contributed by atoms with Gasteiger partial charge in [0.25, 0.3) is 11.8 Å². The van der Waals surface area contributed by atoms with Crippen LogP contribution < -0.4 is 5.32 Å². The number of nitrogens with zero attached hydrogens (tertiary/aromatic N) is 2. The number of pyridine rings is 1. The average Bonchev–Trinajstić information content (AvgIpc) is 3.37. The molecule has 0 bridgehead atoms. The number of carbonyl (C=O) groups is 2. The molecule has 2 aliphatic rings. The lowest BCUT2D eigenvalue weighted by atomic mass is 10.0. The highest BCUT2D eigenvalue weighted by Crippen LogP contribution is 2.37. The molecule has 0 radical (unpaired) electrons. The van der Waals surface area contributed by atoms with Crippen LogP contribution in [0.3, 0.4) is 0 Å². The quantitative estimate of drug-likeness (QED) is 0.660. The number of aromatic nitrogens is 1. The number of rotatable bonds is 5. The second-order valence-electron chi connectivity index (χ2n) is 8.43. The minimum absolute atomic E-state index is 0.114. The predicted octanol–water partition coefficient (Wildman–Crippen LogP) is 3.89. The molecule has 0 aliphatic carbocycles. The molecule has 1 aromatic heterocycles. The van der Waals surface area contributed by atoms with Gasteiger partial charge in [0.15, 0.2) is 18.0 Å². The summed E-state index contributed by atoms with van der Waals surface area (Å²) < 4.78 is 11.7. The zero-order valence-electron chi connectivity index (χ0n) is 17.9. The summed E-state index contributed by atoms with van der Waals surface area (Å²) in [7, 11) is 0. The Balaban J connectivity index is 1.49. The molecule has 7 nitrogen and oxygen atoms in total. The van der Waals surface area contributed by atoms with Gasteiger partial charge in [0, 0.05) is 24.3 Å². The van der Waals surface area contributed by atoms with Crippen LogP contribution in [-0.2, 0) is 25.6 Å². The van der Waals surface area contributed by atoms with E-state index in [1.807, 2.05) is 18.2 Å². The number of amides is 2. The lowest BCUT2D eigenvalue weighted by Gasteiger charge is -2.28. The molecule has 32 heavy (non-hydrogen) atoms. The molecule has 1 unspecified atom stereocenters. The zero-order chi connectivity index (χ0) is 22.9. The third kappa shape index (κ3) is 5.07. The summed E-state index contributed by atoms with van der Waals surface area (Å²) in [6.07, 6.45) is 1.18. The van der Waals surface area contributed by atoms with Gasteiger partial charge in [-0.2, -0.15) is 0 Å². The van der Waals surface area contributed by atoms with Gasteiger partial charge in [0.05, 0.1) is 6.04 Å². The van der Waals surface area contributed by atoms with Gasteiger partial charge in [0.1, 0.15) is 5.15 Å². The van der Waals surface area contributed by atoms with Crippen molar-refractivity contribution in [2.75, 3.05) is 6.54 Å². The lowest BCUT2D eigenvalue weighted by molar-refractivity contribution is -0.163. The normalized spacial score (nSPS) is 24.5. The van der Waals surface area contributed by atoms with Gasteiger partial charge in [-0.25, -0.2) is 4.98 Å². The molecule has 9 heteroatoms. The van der Waals surface area contributed by atoms with E-state index in [0.717, 1.165) is 24.0 Å². The molecule has 2 fully saturated rings. The Morgan fingerprint density at radius 2 is 1.97 bits per heavy atom. The highest BCUT2D eigenvalue weighted by Gasteiger charge is 2.51. The maximum absolute atomic E-state index is 13.5. The molecule has 0 saturated carbocycles. The first-order chi connectivity index (χ1) is 15.2.